The smallest absolute Gasteiger partial charge is 0.407 e. The van der Waals surface area contributed by atoms with Crippen molar-refractivity contribution in [2.45, 2.75) is 97.1 Å². The summed E-state index contributed by atoms with van der Waals surface area (Å²) in [7, 11) is 2.59. The average molecular weight is 817 g/mol. The lowest BCUT2D eigenvalue weighted by Crippen LogP contribution is -2.52. The molecule has 60 heavy (non-hydrogen) atoms. The van der Waals surface area contributed by atoms with Gasteiger partial charge in [-0.2, -0.15) is 0 Å². The van der Waals surface area contributed by atoms with Gasteiger partial charge < -0.3 is 44.6 Å². The Morgan fingerprint density at radius 1 is 0.867 bits per heavy atom. The molecular formula is C45H52N8O7. The van der Waals surface area contributed by atoms with Crippen LogP contribution in [0.5, 0.6) is 5.75 Å². The second-order valence-electron chi connectivity index (χ2n) is 17.7. The van der Waals surface area contributed by atoms with E-state index in [0.29, 0.717) is 19.0 Å². The summed E-state index contributed by atoms with van der Waals surface area (Å²) in [6.45, 7) is 10.8. The number of rotatable bonds is 9. The zero-order valence-corrected chi connectivity index (χ0v) is 35.0. The van der Waals surface area contributed by atoms with Crippen LogP contribution < -0.4 is 15.4 Å². The number of carbonyl (C=O) groups excluding carboxylic acids is 4. The molecule has 1 unspecified atom stereocenters. The van der Waals surface area contributed by atoms with Gasteiger partial charge in [-0.25, -0.2) is 19.6 Å². The quantitative estimate of drug-likeness (QED) is 0.120. The molecule has 15 nitrogen and oxygen atoms in total. The van der Waals surface area contributed by atoms with Gasteiger partial charge in [0.05, 0.1) is 49.2 Å². The molecule has 4 N–H and O–H groups in total. The molecule has 5 aromatic rings. The van der Waals surface area contributed by atoms with E-state index in [-0.39, 0.29) is 47.2 Å². The molecule has 3 aromatic carbocycles. The molecule has 2 aromatic heterocycles. The normalized spacial score (nSPS) is 22.6. The van der Waals surface area contributed by atoms with E-state index in [9.17, 15) is 19.2 Å². The van der Waals surface area contributed by atoms with Crippen molar-refractivity contribution in [3.8, 4) is 28.1 Å². The Bertz CT molecular complexity index is 2540. The van der Waals surface area contributed by atoms with Crippen molar-refractivity contribution in [1.82, 2.24) is 40.4 Å². The van der Waals surface area contributed by atoms with Crippen LogP contribution in [-0.2, 0) is 25.7 Å². The van der Waals surface area contributed by atoms with Gasteiger partial charge in [-0.3, -0.25) is 9.59 Å². The fourth-order valence-electron chi connectivity index (χ4n) is 9.67. The Labute approximate surface area is 347 Å². The van der Waals surface area contributed by atoms with Gasteiger partial charge in [-0.1, -0.05) is 52.8 Å². The molecule has 9 rings (SSSR count). The molecule has 1 saturated carbocycles. The van der Waals surface area contributed by atoms with Gasteiger partial charge in [0.15, 0.2) is 0 Å². The van der Waals surface area contributed by atoms with Crippen molar-refractivity contribution in [1.29, 1.82) is 0 Å². The van der Waals surface area contributed by atoms with Crippen molar-refractivity contribution < 1.29 is 33.4 Å². The zero-order chi connectivity index (χ0) is 42.2. The lowest BCUT2D eigenvalue weighted by atomic mass is 9.92. The summed E-state index contributed by atoms with van der Waals surface area (Å²) in [6, 6.07) is 12.9. The van der Waals surface area contributed by atoms with E-state index >= 15 is 0 Å². The topological polar surface area (TPSA) is 184 Å². The number of piperidine rings is 1. The number of ether oxygens (including phenoxy) is 3. The number of likely N-dealkylation sites (tertiary alicyclic amines) is 2. The van der Waals surface area contributed by atoms with Crippen molar-refractivity contribution in [3.63, 3.8) is 0 Å². The molecule has 5 heterocycles. The number of H-pyrrole nitrogens is 2. The number of aromatic amines is 2. The summed E-state index contributed by atoms with van der Waals surface area (Å²) < 4.78 is 16.1. The van der Waals surface area contributed by atoms with Crippen LogP contribution in [0.2, 0.25) is 0 Å². The Morgan fingerprint density at radius 2 is 1.60 bits per heavy atom. The maximum Gasteiger partial charge on any atom is 0.407 e. The molecule has 2 saturated heterocycles. The van der Waals surface area contributed by atoms with Crippen molar-refractivity contribution in [2.24, 2.45) is 17.3 Å². The summed E-state index contributed by atoms with van der Waals surface area (Å²) >= 11 is 0. The van der Waals surface area contributed by atoms with Crippen LogP contribution in [0.4, 0.5) is 9.59 Å². The first kappa shape index (κ1) is 39.3. The minimum absolute atomic E-state index is 0.00848. The van der Waals surface area contributed by atoms with Crippen LogP contribution in [0.3, 0.4) is 0 Å². The van der Waals surface area contributed by atoms with Crippen LogP contribution in [0.15, 0.2) is 48.7 Å². The maximum absolute atomic E-state index is 14.1. The molecule has 3 fully saturated rings. The van der Waals surface area contributed by atoms with E-state index in [1.165, 1.54) is 14.2 Å². The highest BCUT2D eigenvalue weighted by molar-refractivity contribution is 6.07. The third-order valence-corrected chi connectivity index (χ3v) is 13.1. The van der Waals surface area contributed by atoms with Crippen LogP contribution in [0.1, 0.15) is 89.6 Å². The molecule has 314 valence electrons. The molecule has 15 heteroatoms. The lowest BCUT2D eigenvalue weighted by Gasteiger charge is -2.31. The molecule has 6 atom stereocenters. The summed E-state index contributed by atoms with van der Waals surface area (Å²) in [6.07, 6.45) is 3.88. The first-order valence-corrected chi connectivity index (χ1v) is 20.9. The number of nitrogens with zero attached hydrogens (tertiary/aromatic N) is 4. The van der Waals surface area contributed by atoms with E-state index in [0.717, 1.165) is 87.0 Å². The van der Waals surface area contributed by atoms with Gasteiger partial charge in [-0.15, -0.1) is 0 Å². The predicted octanol–water partition coefficient (Wildman–Crippen LogP) is 7.14. The van der Waals surface area contributed by atoms with Crippen molar-refractivity contribution in [2.75, 3.05) is 20.8 Å². The lowest BCUT2D eigenvalue weighted by molar-refractivity contribution is -0.137. The number of imidazole rings is 2. The van der Waals surface area contributed by atoms with E-state index < -0.39 is 24.3 Å². The molecule has 4 aliphatic rings. The number of amides is 4. The SMILES string of the molecule is COC(=O)N[C@H](C(=O)N1CCC[C@H]1c1ncc(-c2ccc3c(c2)COc2cc4c(ccc5[nH]c([C@@H]6CC7(C)C[C@H]7N6C(=O)[C@@H](NC(=O)OC)C(C)C)nc54)cc2-3)[nH]1)C(C)C. The second kappa shape index (κ2) is 14.9. The molecule has 4 amide bonds. The number of aromatic nitrogens is 4. The number of methoxy groups -OCH3 is 2. The number of nitrogens with one attached hydrogen (secondary N) is 4. The predicted molar refractivity (Wildman–Crippen MR) is 224 cm³/mol. The minimum Gasteiger partial charge on any atom is -0.488 e. The van der Waals surface area contributed by atoms with Crippen molar-refractivity contribution in [3.05, 3.63) is 65.9 Å². The Morgan fingerprint density at radius 3 is 2.32 bits per heavy atom. The third-order valence-electron chi connectivity index (χ3n) is 13.1. The molecule has 1 aliphatic carbocycles. The number of fused-ring (bicyclic) bond motifs is 7. The molecule has 3 aliphatic heterocycles. The van der Waals surface area contributed by atoms with Crippen LogP contribution in [0.25, 0.3) is 44.2 Å². The van der Waals surface area contributed by atoms with Crippen LogP contribution in [-0.4, -0.2) is 92.6 Å². The zero-order valence-electron chi connectivity index (χ0n) is 35.0. The average Bonchev–Trinajstić information content (AvgIpc) is 3.83. The maximum atomic E-state index is 14.1. The van der Waals surface area contributed by atoms with Gasteiger partial charge in [0.1, 0.15) is 36.1 Å². The summed E-state index contributed by atoms with van der Waals surface area (Å²) in [5.41, 5.74) is 6.64. The largest absolute Gasteiger partial charge is 0.488 e. The van der Waals surface area contributed by atoms with Crippen molar-refractivity contribution >= 4 is 45.8 Å². The monoisotopic (exact) mass is 816 g/mol. The molecule has 0 bridgehead atoms. The van der Waals surface area contributed by atoms with Gasteiger partial charge in [0, 0.05) is 23.5 Å². The summed E-state index contributed by atoms with van der Waals surface area (Å²) in [5.74, 6) is 1.71. The minimum atomic E-state index is -0.713. The summed E-state index contributed by atoms with van der Waals surface area (Å²) in [5, 5.41) is 7.45. The number of benzene rings is 3. The fourth-order valence-corrected chi connectivity index (χ4v) is 9.67. The highest BCUT2D eigenvalue weighted by atomic mass is 16.5. The van der Waals surface area contributed by atoms with E-state index in [2.05, 4.69) is 63.9 Å². The van der Waals surface area contributed by atoms with Gasteiger partial charge in [0.25, 0.3) is 0 Å². The molecule has 0 radical (unpaired) electrons. The van der Waals surface area contributed by atoms with E-state index in [1.54, 1.807) is 0 Å². The number of carbonyl (C=O) groups is 4. The first-order chi connectivity index (χ1) is 28.8. The van der Waals surface area contributed by atoms with E-state index in [1.807, 2.05) is 49.8 Å². The fraction of sp³-hybridized carbons (Fsp3) is 0.467. The summed E-state index contributed by atoms with van der Waals surface area (Å²) in [4.78, 5) is 72.7. The van der Waals surface area contributed by atoms with Crippen LogP contribution >= 0.6 is 0 Å². The number of hydrogen-bond acceptors (Lipinski definition) is 9. The number of alkyl carbamates (subject to hydrolysis) is 2. The van der Waals surface area contributed by atoms with Gasteiger partial charge >= 0.3 is 12.2 Å². The highest BCUT2D eigenvalue weighted by Gasteiger charge is 2.64. The van der Waals surface area contributed by atoms with E-state index in [4.69, 9.17) is 24.2 Å². The number of hydrogen-bond donors (Lipinski definition) is 4. The Balaban J connectivity index is 0.970. The van der Waals surface area contributed by atoms with Crippen LogP contribution in [0, 0.1) is 17.3 Å². The highest BCUT2D eigenvalue weighted by Crippen LogP contribution is 2.63. The first-order valence-electron chi connectivity index (χ1n) is 20.9. The molecule has 0 spiro atoms. The standard InChI is InChI=1S/C45H52N8O7/c1-22(2)36(50-43(56)58-6)41(54)52-14-8-9-32(52)39-46-20-31(48-39)25-10-12-27-26(15-25)21-60-34-17-28-24(16-29(27)34)11-13-30-38(28)49-40(47-30)33-18-45(5)19-35(45)53(33)42(55)37(23(3)4)51-44(57)59-7/h10-13,15-17,20,22-23,32-33,35-37H,8-9,14,18-19,21H2,1-7H3,(H,46,48)(H,47,49)(H,50,56)(H,51,57)/t32-,33-,35+,36-,37-,45?/m0/s1. The van der Waals surface area contributed by atoms with Gasteiger partial charge in [0.2, 0.25) is 11.8 Å². The second-order valence-corrected chi connectivity index (χ2v) is 17.7. The molecular weight excluding hydrogens is 765 g/mol. The Kier molecular flexibility index (Phi) is 9.74. The third kappa shape index (κ3) is 6.67. The van der Waals surface area contributed by atoms with Gasteiger partial charge in [-0.05, 0) is 89.3 Å². The Hall–Kier alpha value is -6.12.